The molecule has 76 valence electrons. The largest absolute Gasteiger partial charge is 0.500 e. The number of hydrogen-bond donors (Lipinski definition) is 0. The van der Waals surface area contributed by atoms with Gasteiger partial charge in [-0.1, -0.05) is 6.42 Å². The van der Waals surface area contributed by atoms with Crippen molar-refractivity contribution in [3.8, 4) is 0 Å². The lowest BCUT2D eigenvalue weighted by atomic mass is 10.2. The highest BCUT2D eigenvalue weighted by Crippen LogP contribution is 2.16. The van der Waals surface area contributed by atoms with Crippen molar-refractivity contribution < 1.29 is 8.95 Å². The summed E-state index contributed by atoms with van der Waals surface area (Å²) in [5.41, 5.74) is 1.15. The van der Waals surface area contributed by atoms with E-state index in [1.165, 1.54) is 6.42 Å². The molecule has 1 fully saturated rings. The maximum Gasteiger partial charge on any atom is 0.102 e. The summed E-state index contributed by atoms with van der Waals surface area (Å²) < 4.78 is 16.8. The van der Waals surface area contributed by atoms with Crippen LogP contribution in [0.15, 0.2) is 11.8 Å². The molecular weight excluding hydrogens is 184 g/mol. The van der Waals surface area contributed by atoms with Crippen LogP contribution in [0.2, 0.25) is 0 Å². The van der Waals surface area contributed by atoms with E-state index in [9.17, 15) is 4.21 Å². The SMILES string of the molecule is CC(C)=COCC1CCCCS1=O. The summed E-state index contributed by atoms with van der Waals surface area (Å²) in [6, 6.07) is 0. The van der Waals surface area contributed by atoms with Crippen LogP contribution in [0.4, 0.5) is 0 Å². The van der Waals surface area contributed by atoms with Gasteiger partial charge in [-0.3, -0.25) is 4.21 Å². The van der Waals surface area contributed by atoms with Gasteiger partial charge in [-0.2, -0.15) is 0 Å². The predicted molar refractivity (Wildman–Crippen MR) is 56.0 cm³/mol. The Hall–Kier alpha value is -0.310. The van der Waals surface area contributed by atoms with Gasteiger partial charge < -0.3 is 4.74 Å². The van der Waals surface area contributed by atoms with Crippen LogP contribution in [-0.2, 0) is 15.5 Å². The summed E-state index contributed by atoms with van der Waals surface area (Å²) in [7, 11) is -0.647. The fourth-order valence-corrected chi connectivity index (χ4v) is 2.88. The van der Waals surface area contributed by atoms with Gasteiger partial charge in [-0.25, -0.2) is 0 Å². The van der Waals surface area contributed by atoms with Crippen molar-refractivity contribution in [3.05, 3.63) is 11.8 Å². The molecule has 2 atom stereocenters. The Morgan fingerprint density at radius 2 is 2.31 bits per heavy atom. The summed E-state index contributed by atoms with van der Waals surface area (Å²) >= 11 is 0. The van der Waals surface area contributed by atoms with E-state index in [0.29, 0.717) is 6.61 Å². The molecular formula is C10H18O2S. The fourth-order valence-electron chi connectivity index (χ4n) is 1.40. The van der Waals surface area contributed by atoms with Gasteiger partial charge in [-0.05, 0) is 32.3 Å². The van der Waals surface area contributed by atoms with Crippen LogP contribution in [0, 0.1) is 0 Å². The molecule has 3 heteroatoms. The number of rotatable bonds is 3. The average molecular weight is 202 g/mol. The Labute approximate surface area is 82.8 Å². The molecule has 1 aliphatic rings. The third kappa shape index (κ3) is 3.94. The minimum absolute atomic E-state index is 0.268. The Balaban J connectivity index is 2.27. The summed E-state index contributed by atoms with van der Waals surface area (Å²) in [5, 5.41) is 0.268. The number of ether oxygens (including phenoxy) is 1. The van der Waals surface area contributed by atoms with Crippen molar-refractivity contribution in [1.29, 1.82) is 0 Å². The maximum atomic E-state index is 11.5. The van der Waals surface area contributed by atoms with Crippen LogP contribution in [0.25, 0.3) is 0 Å². The molecule has 0 spiro atoms. The van der Waals surface area contributed by atoms with Crippen molar-refractivity contribution >= 4 is 10.8 Å². The van der Waals surface area contributed by atoms with Gasteiger partial charge in [0.2, 0.25) is 0 Å². The minimum Gasteiger partial charge on any atom is -0.500 e. The first kappa shape index (κ1) is 10.8. The van der Waals surface area contributed by atoms with Crippen LogP contribution >= 0.6 is 0 Å². The zero-order chi connectivity index (χ0) is 9.68. The molecule has 0 aromatic heterocycles. The highest BCUT2D eigenvalue weighted by Gasteiger charge is 2.20. The average Bonchev–Trinajstić information content (AvgIpc) is 2.08. The van der Waals surface area contributed by atoms with Crippen LogP contribution in [0.3, 0.4) is 0 Å². The van der Waals surface area contributed by atoms with E-state index in [4.69, 9.17) is 4.74 Å². The lowest BCUT2D eigenvalue weighted by Gasteiger charge is -2.20. The molecule has 1 saturated heterocycles. The first-order chi connectivity index (χ1) is 6.20. The standard InChI is InChI=1S/C10H18O2S/c1-9(2)7-12-8-10-5-3-4-6-13(10)11/h7,10H,3-6,8H2,1-2H3. The molecule has 2 unspecified atom stereocenters. The van der Waals surface area contributed by atoms with Crippen molar-refractivity contribution in [2.24, 2.45) is 0 Å². The molecule has 1 heterocycles. The van der Waals surface area contributed by atoms with Gasteiger partial charge in [0.25, 0.3) is 0 Å². The summed E-state index contributed by atoms with van der Waals surface area (Å²) in [6.45, 7) is 4.62. The molecule has 1 rings (SSSR count). The van der Waals surface area contributed by atoms with Gasteiger partial charge >= 0.3 is 0 Å². The molecule has 0 aliphatic carbocycles. The van der Waals surface area contributed by atoms with Crippen LogP contribution < -0.4 is 0 Å². The zero-order valence-electron chi connectivity index (χ0n) is 8.41. The first-order valence-electron chi connectivity index (χ1n) is 4.82. The van der Waals surface area contributed by atoms with Gasteiger partial charge in [0, 0.05) is 16.6 Å². The Kier molecular flexibility index (Phi) is 4.50. The van der Waals surface area contributed by atoms with E-state index in [1.807, 2.05) is 13.8 Å². The lowest BCUT2D eigenvalue weighted by molar-refractivity contribution is 0.240. The van der Waals surface area contributed by atoms with E-state index >= 15 is 0 Å². The monoisotopic (exact) mass is 202 g/mol. The van der Waals surface area contributed by atoms with Gasteiger partial charge in [0.1, 0.15) is 6.61 Å². The molecule has 0 saturated carbocycles. The molecule has 0 N–H and O–H groups in total. The topological polar surface area (TPSA) is 26.3 Å². The second kappa shape index (κ2) is 5.43. The second-order valence-corrected chi connectivity index (χ2v) is 5.57. The molecule has 0 aromatic rings. The van der Waals surface area contributed by atoms with Crippen molar-refractivity contribution in [1.82, 2.24) is 0 Å². The number of allylic oxidation sites excluding steroid dienone is 1. The summed E-state index contributed by atoms with van der Waals surface area (Å²) in [5.74, 6) is 0.864. The molecule has 1 aliphatic heterocycles. The molecule has 2 nitrogen and oxygen atoms in total. The number of hydrogen-bond acceptors (Lipinski definition) is 2. The fraction of sp³-hybridized carbons (Fsp3) is 0.800. The highest BCUT2D eigenvalue weighted by molar-refractivity contribution is 7.85. The molecule has 13 heavy (non-hydrogen) atoms. The smallest absolute Gasteiger partial charge is 0.102 e. The lowest BCUT2D eigenvalue weighted by Crippen LogP contribution is -2.26. The Morgan fingerprint density at radius 3 is 2.92 bits per heavy atom. The van der Waals surface area contributed by atoms with Crippen molar-refractivity contribution in [3.63, 3.8) is 0 Å². The summed E-state index contributed by atoms with van der Waals surface area (Å²) in [6.07, 6.45) is 5.13. The van der Waals surface area contributed by atoms with Gasteiger partial charge in [-0.15, -0.1) is 0 Å². The van der Waals surface area contributed by atoms with Crippen LogP contribution in [0.1, 0.15) is 33.1 Å². The normalized spacial score (nSPS) is 28.2. The predicted octanol–water partition coefficient (Wildman–Crippen LogP) is 2.23. The Morgan fingerprint density at radius 1 is 1.54 bits per heavy atom. The van der Waals surface area contributed by atoms with Gasteiger partial charge in [0.05, 0.1) is 11.5 Å². The van der Waals surface area contributed by atoms with Crippen molar-refractivity contribution in [2.45, 2.75) is 38.4 Å². The van der Waals surface area contributed by atoms with Crippen LogP contribution in [-0.4, -0.2) is 21.8 Å². The zero-order valence-corrected chi connectivity index (χ0v) is 9.23. The maximum absolute atomic E-state index is 11.5. The van der Waals surface area contributed by atoms with E-state index in [-0.39, 0.29) is 5.25 Å². The highest BCUT2D eigenvalue weighted by atomic mass is 32.2. The second-order valence-electron chi connectivity index (χ2n) is 3.73. The van der Waals surface area contributed by atoms with E-state index in [2.05, 4.69) is 0 Å². The quantitative estimate of drug-likeness (QED) is 0.656. The van der Waals surface area contributed by atoms with Gasteiger partial charge in [0.15, 0.2) is 0 Å². The third-order valence-corrected chi connectivity index (χ3v) is 3.90. The van der Waals surface area contributed by atoms with Crippen molar-refractivity contribution in [2.75, 3.05) is 12.4 Å². The third-order valence-electron chi connectivity index (χ3n) is 2.09. The van der Waals surface area contributed by atoms with E-state index < -0.39 is 10.8 Å². The Bertz CT molecular complexity index is 207. The van der Waals surface area contributed by atoms with Crippen LogP contribution in [0.5, 0.6) is 0 Å². The first-order valence-corrected chi connectivity index (χ1v) is 6.20. The molecule has 0 aromatic carbocycles. The summed E-state index contributed by atoms with van der Waals surface area (Å²) in [4.78, 5) is 0. The molecule has 0 amide bonds. The minimum atomic E-state index is -0.647. The molecule has 0 radical (unpaired) electrons. The van der Waals surface area contributed by atoms with E-state index in [1.54, 1.807) is 6.26 Å². The molecule has 0 bridgehead atoms. The van der Waals surface area contributed by atoms with E-state index in [0.717, 1.165) is 24.2 Å².